The normalized spacial score (nSPS) is 23.5. The van der Waals surface area contributed by atoms with E-state index in [4.69, 9.17) is 11.6 Å². The Morgan fingerprint density at radius 1 is 1.47 bits per heavy atom. The summed E-state index contributed by atoms with van der Waals surface area (Å²) in [6.07, 6.45) is 4.28. The predicted octanol–water partition coefficient (Wildman–Crippen LogP) is 2.61. The van der Waals surface area contributed by atoms with Crippen molar-refractivity contribution in [2.75, 3.05) is 13.1 Å². The molecule has 96 valence electrons. The third kappa shape index (κ3) is 2.99. The third-order valence-electron chi connectivity index (χ3n) is 3.03. The molecule has 0 spiro atoms. The first-order chi connectivity index (χ1) is 8.00. The van der Waals surface area contributed by atoms with Crippen molar-refractivity contribution in [2.24, 2.45) is 5.92 Å². The molecule has 1 unspecified atom stereocenters. The molecule has 2 rings (SSSR count). The van der Waals surface area contributed by atoms with Crippen LogP contribution in [0, 0.1) is 5.92 Å². The molecular weight excluding hydrogens is 280 g/mol. The summed E-state index contributed by atoms with van der Waals surface area (Å²) < 4.78 is 26.7. The van der Waals surface area contributed by atoms with Crippen molar-refractivity contribution in [3.05, 3.63) is 10.7 Å². The Balaban J connectivity index is 2.20. The molecule has 1 aromatic heterocycles. The number of sulfonamides is 1. The van der Waals surface area contributed by atoms with E-state index in [-0.39, 0.29) is 8.68 Å². The van der Waals surface area contributed by atoms with Crippen LogP contribution in [0.15, 0.2) is 10.4 Å². The maximum Gasteiger partial charge on any atom is 0.254 e. The maximum absolute atomic E-state index is 12.3. The smallest absolute Gasteiger partial charge is 0.232 e. The number of nitrogens with zero attached hydrogens (tertiary/aromatic N) is 2. The van der Waals surface area contributed by atoms with Crippen molar-refractivity contribution in [2.45, 2.75) is 30.4 Å². The SMILES string of the molecule is CC1CCCN(S(=O)(=O)c2cnc(Cl)s2)CC1. The summed E-state index contributed by atoms with van der Waals surface area (Å²) in [5, 5.41) is 0. The Bertz CT molecular complexity index is 486. The Morgan fingerprint density at radius 3 is 2.88 bits per heavy atom. The molecule has 1 atom stereocenters. The molecule has 7 heteroatoms. The lowest BCUT2D eigenvalue weighted by molar-refractivity contribution is 0.418. The highest BCUT2D eigenvalue weighted by Gasteiger charge is 2.28. The fourth-order valence-corrected chi connectivity index (χ4v) is 4.90. The van der Waals surface area contributed by atoms with Gasteiger partial charge >= 0.3 is 0 Å². The van der Waals surface area contributed by atoms with Gasteiger partial charge in [0.25, 0.3) is 10.0 Å². The fraction of sp³-hybridized carbons (Fsp3) is 0.700. The van der Waals surface area contributed by atoms with Crippen molar-refractivity contribution in [3.63, 3.8) is 0 Å². The molecule has 0 bridgehead atoms. The van der Waals surface area contributed by atoms with E-state index in [2.05, 4.69) is 11.9 Å². The summed E-state index contributed by atoms with van der Waals surface area (Å²) in [6.45, 7) is 3.36. The number of thiazole rings is 1. The van der Waals surface area contributed by atoms with Crippen LogP contribution in [0.5, 0.6) is 0 Å². The van der Waals surface area contributed by atoms with Gasteiger partial charge in [0.15, 0.2) is 8.68 Å². The zero-order valence-electron chi connectivity index (χ0n) is 9.60. The van der Waals surface area contributed by atoms with Gasteiger partial charge in [-0.2, -0.15) is 4.31 Å². The lowest BCUT2D eigenvalue weighted by Crippen LogP contribution is -2.31. The molecule has 17 heavy (non-hydrogen) atoms. The lowest BCUT2D eigenvalue weighted by atomic mass is 10.0. The second kappa shape index (κ2) is 5.22. The molecule has 1 fully saturated rings. The quantitative estimate of drug-likeness (QED) is 0.842. The Kier molecular flexibility index (Phi) is 4.07. The van der Waals surface area contributed by atoms with Gasteiger partial charge in [-0.15, -0.1) is 0 Å². The molecule has 1 saturated heterocycles. The molecule has 2 heterocycles. The van der Waals surface area contributed by atoms with E-state index in [1.807, 2.05) is 0 Å². The minimum atomic E-state index is -3.38. The van der Waals surface area contributed by atoms with Crippen LogP contribution in [-0.4, -0.2) is 30.8 Å². The highest BCUT2D eigenvalue weighted by atomic mass is 35.5. The number of rotatable bonds is 2. The molecule has 0 saturated carbocycles. The minimum absolute atomic E-state index is 0.247. The average Bonchev–Trinajstić information content (AvgIpc) is 2.58. The predicted molar refractivity (Wildman–Crippen MR) is 68.9 cm³/mol. The van der Waals surface area contributed by atoms with E-state index < -0.39 is 10.0 Å². The van der Waals surface area contributed by atoms with Crippen molar-refractivity contribution >= 4 is 33.0 Å². The summed E-state index contributed by atoms with van der Waals surface area (Å²) in [6, 6.07) is 0. The number of halogens is 1. The van der Waals surface area contributed by atoms with Gasteiger partial charge in [0.1, 0.15) is 0 Å². The van der Waals surface area contributed by atoms with Gasteiger partial charge in [-0.1, -0.05) is 29.9 Å². The van der Waals surface area contributed by atoms with E-state index in [0.717, 1.165) is 30.6 Å². The van der Waals surface area contributed by atoms with Crippen LogP contribution in [0.3, 0.4) is 0 Å². The summed E-state index contributed by atoms with van der Waals surface area (Å²) in [5.74, 6) is 0.597. The largest absolute Gasteiger partial charge is 0.254 e. The summed E-state index contributed by atoms with van der Waals surface area (Å²) >= 11 is 6.71. The maximum atomic E-state index is 12.3. The van der Waals surface area contributed by atoms with Crippen molar-refractivity contribution in [1.82, 2.24) is 9.29 Å². The first-order valence-corrected chi connectivity index (χ1v) is 8.25. The van der Waals surface area contributed by atoms with Crippen molar-refractivity contribution in [1.29, 1.82) is 0 Å². The second-order valence-corrected chi connectivity index (χ2v) is 8.15. The zero-order valence-corrected chi connectivity index (χ0v) is 12.0. The first kappa shape index (κ1) is 13.3. The van der Waals surface area contributed by atoms with Crippen LogP contribution in [0.25, 0.3) is 0 Å². The van der Waals surface area contributed by atoms with E-state index in [0.29, 0.717) is 19.0 Å². The number of hydrogen-bond donors (Lipinski definition) is 0. The lowest BCUT2D eigenvalue weighted by Gasteiger charge is -2.18. The standard InChI is InChI=1S/C10H15ClN2O2S2/c1-8-3-2-5-13(6-4-8)17(14,15)9-7-12-10(11)16-9/h7-8H,2-6H2,1H3. The summed E-state index contributed by atoms with van der Waals surface area (Å²) in [7, 11) is -3.38. The Labute approximate surface area is 111 Å². The van der Waals surface area contributed by atoms with Gasteiger partial charge in [0.05, 0.1) is 6.20 Å². The van der Waals surface area contributed by atoms with Gasteiger partial charge < -0.3 is 0 Å². The minimum Gasteiger partial charge on any atom is -0.232 e. The van der Waals surface area contributed by atoms with Crippen LogP contribution in [0.4, 0.5) is 0 Å². The number of aromatic nitrogens is 1. The zero-order chi connectivity index (χ0) is 12.5. The van der Waals surface area contributed by atoms with Crippen molar-refractivity contribution < 1.29 is 8.42 Å². The molecule has 0 amide bonds. The molecule has 0 aliphatic carbocycles. The molecule has 4 nitrogen and oxygen atoms in total. The van der Waals surface area contributed by atoms with E-state index in [1.165, 1.54) is 6.20 Å². The van der Waals surface area contributed by atoms with Gasteiger partial charge in [-0.05, 0) is 25.2 Å². The third-order valence-corrected chi connectivity index (χ3v) is 6.48. The molecule has 1 aromatic rings. The van der Waals surface area contributed by atoms with Crippen LogP contribution in [-0.2, 0) is 10.0 Å². The van der Waals surface area contributed by atoms with Gasteiger partial charge in [-0.25, -0.2) is 13.4 Å². The average molecular weight is 295 g/mol. The first-order valence-electron chi connectivity index (χ1n) is 5.61. The molecule has 0 radical (unpaired) electrons. The van der Waals surface area contributed by atoms with Crippen LogP contribution in [0.1, 0.15) is 26.2 Å². The summed E-state index contributed by atoms with van der Waals surface area (Å²) in [5.41, 5.74) is 0. The van der Waals surface area contributed by atoms with Gasteiger partial charge in [-0.3, -0.25) is 0 Å². The molecular formula is C10H15ClN2O2S2. The molecule has 1 aliphatic rings. The Hall–Kier alpha value is -0.170. The number of hydrogen-bond acceptors (Lipinski definition) is 4. The van der Waals surface area contributed by atoms with Crippen molar-refractivity contribution in [3.8, 4) is 0 Å². The second-order valence-electron chi connectivity index (χ2n) is 4.37. The molecule has 0 N–H and O–H groups in total. The summed E-state index contributed by atoms with van der Waals surface area (Å²) in [4.78, 5) is 3.79. The fourth-order valence-electron chi connectivity index (χ4n) is 1.96. The highest BCUT2D eigenvalue weighted by molar-refractivity contribution is 7.91. The highest BCUT2D eigenvalue weighted by Crippen LogP contribution is 2.28. The van der Waals surface area contributed by atoms with E-state index in [1.54, 1.807) is 4.31 Å². The topological polar surface area (TPSA) is 50.3 Å². The van der Waals surface area contributed by atoms with Gasteiger partial charge in [0, 0.05) is 13.1 Å². The monoisotopic (exact) mass is 294 g/mol. The van der Waals surface area contributed by atoms with E-state index >= 15 is 0 Å². The van der Waals surface area contributed by atoms with Crippen LogP contribution in [0.2, 0.25) is 4.47 Å². The molecule has 0 aromatic carbocycles. The van der Waals surface area contributed by atoms with Crippen LogP contribution >= 0.6 is 22.9 Å². The van der Waals surface area contributed by atoms with Gasteiger partial charge in [0.2, 0.25) is 0 Å². The Morgan fingerprint density at radius 2 is 2.24 bits per heavy atom. The molecule has 1 aliphatic heterocycles. The van der Waals surface area contributed by atoms with E-state index in [9.17, 15) is 8.42 Å². The van der Waals surface area contributed by atoms with Crippen LogP contribution < -0.4 is 0 Å².